The molecule has 3 fully saturated rings. The summed E-state index contributed by atoms with van der Waals surface area (Å²) in [4.78, 5) is 12.5. The van der Waals surface area contributed by atoms with E-state index >= 15 is 0 Å². The van der Waals surface area contributed by atoms with Crippen LogP contribution in [0.15, 0.2) is 35.5 Å². The third kappa shape index (κ3) is 5.85. The van der Waals surface area contributed by atoms with E-state index in [4.69, 9.17) is 4.74 Å². The third-order valence-corrected chi connectivity index (χ3v) is 9.35. The maximum Gasteiger partial charge on any atom is 0.330 e. The zero-order valence-electron chi connectivity index (χ0n) is 21.8. The van der Waals surface area contributed by atoms with Gasteiger partial charge in [-0.05, 0) is 82.1 Å². The fraction of sp³-hybridized carbons (Fsp3) is 0.759. The molecule has 0 spiro atoms. The van der Waals surface area contributed by atoms with Crippen molar-refractivity contribution in [3.63, 3.8) is 0 Å². The summed E-state index contributed by atoms with van der Waals surface area (Å²) in [6.07, 6.45) is 14.1. The van der Waals surface area contributed by atoms with E-state index in [9.17, 15) is 20.1 Å². The molecule has 0 aromatic carbocycles. The van der Waals surface area contributed by atoms with E-state index in [1.807, 2.05) is 27.7 Å². The van der Waals surface area contributed by atoms with Gasteiger partial charge in [-0.25, -0.2) is 4.79 Å². The molecule has 3 N–H and O–H groups in total. The van der Waals surface area contributed by atoms with Crippen LogP contribution in [0, 0.1) is 23.2 Å². The minimum Gasteiger partial charge on any atom is -0.459 e. The molecule has 192 valence electrons. The van der Waals surface area contributed by atoms with Gasteiger partial charge in [-0.1, -0.05) is 51.0 Å². The Bertz CT molecular complexity index is 793. The molecule has 5 heteroatoms. The van der Waals surface area contributed by atoms with Crippen molar-refractivity contribution in [2.75, 3.05) is 0 Å². The zero-order chi connectivity index (χ0) is 25.1. The van der Waals surface area contributed by atoms with Gasteiger partial charge >= 0.3 is 5.97 Å². The van der Waals surface area contributed by atoms with E-state index in [0.717, 1.165) is 37.7 Å². The quantitative estimate of drug-likeness (QED) is 0.347. The molecule has 7 atom stereocenters. The van der Waals surface area contributed by atoms with Crippen molar-refractivity contribution >= 4 is 5.97 Å². The van der Waals surface area contributed by atoms with Gasteiger partial charge in [0.25, 0.3) is 0 Å². The summed E-state index contributed by atoms with van der Waals surface area (Å²) in [5, 5.41) is 30.9. The van der Waals surface area contributed by atoms with Gasteiger partial charge < -0.3 is 20.1 Å². The van der Waals surface area contributed by atoms with Gasteiger partial charge in [-0.15, -0.1) is 0 Å². The number of carbonyl (C=O) groups is 1. The first-order chi connectivity index (χ1) is 16.0. The topological polar surface area (TPSA) is 87.0 Å². The summed E-state index contributed by atoms with van der Waals surface area (Å²) in [5.41, 5.74) is 1.73. The summed E-state index contributed by atoms with van der Waals surface area (Å²) in [6.45, 7) is 10.1. The Labute approximate surface area is 206 Å². The molecular formula is C29H46O5. The Morgan fingerprint density at radius 2 is 1.82 bits per heavy atom. The van der Waals surface area contributed by atoms with Crippen LogP contribution in [0.5, 0.6) is 0 Å². The third-order valence-electron chi connectivity index (χ3n) is 9.35. The molecule has 0 aromatic rings. The van der Waals surface area contributed by atoms with Crippen LogP contribution >= 0.6 is 0 Å². The molecule has 0 heterocycles. The van der Waals surface area contributed by atoms with Crippen LogP contribution in [0.2, 0.25) is 0 Å². The number of allylic oxidation sites excluding steroid dienone is 3. The SMILES string of the molecule is CCC(O)(/C=C/C(=O)O[C@@H](C)[C@H]1CC[C@H]2/C(=C/C=C3C[C@@H](O)C(C)[C@@H](O)C3)CCC[C@]12C)CC. The van der Waals surface area contributed by atoms with Gasteiger partial charge in [0.05, 0.1) is 17.8 Å². The van der Waals surface area contributed by atoms with Crippen molar-refractivity contribution in [2.24, 2.45) is 23.2 Å². The predicted molar refractivity (Wildman–Crippen MR) is 135 cm³/mol. The number of hydrogen-bond acceptors (Lipinski definition) is 5. The average Bonchev–Trinajstić information content (AvgIpc) is 3.17. The lowest BCUT2D eigenvalue weighted by Crippen LogP contribution is -2.39. The summed E-state index contributed by atoms with van der Waals surface area (Å²) in [6, 6.07) is 0. The smallest absolute Gasteiger partial charge is 0.330 e. The van der Waals surface area contributed by atoms with Crippen LogP contribution in [0.4, 0.5) is 0 Å². The fourth-order valence-corrected chi connectivity index (χ4v) is 6.67. The highest BCUT2D eigenvalue weighted by Crippen LogP contribution is 2.58. The molecule has 34 heavy (non-hydrogen) atoms. The Balaban J connectivity index is 1.68. The molecule has 0 radical (unpaired) electrons. The number of carbonyl (C=O) groups excluding carboxylic acids is 1. The minimum absolute atomic E-state index is 0.0739. The normalized spacial score (nSPS) is 37.8. The monoisotopic (exact) mass is 474 g/mol. The molecule has 3 aliphatic carbocycles. The highest BCUT2D eigenvalue weighted by Gasteiger charge is 2.51. The first-order valence-corrected chi connectivity index (χ1v) is 13.4. The van der Waals surface area contributed by atoms with Crippen LogP contribution in [-0.4, -0.2) is 45.2 Å². The maximum absolute atomic E-state index is 12.5. The summed E-state index contributed by atoms with van der Waals surface area (Å²) in [5.74, 6) is 0.332. The van der Waals surface area contributed by atoms with Crippen molar-refractivity contribution in [3.05, 3.63) is 35.5 Å². The lowest BCUT2D eigenvalue weighted by atomic mass is 9.62. The van der Waals surface area contributed by atoms with Gasteiger partial charge in [0, 0.05) is 17.9 Å². The lowest BCUT2D eigenvalue weighted by molar-refractivity contribution is -0.147. The van der Waals surface area contributed by atoms with E-state index in [1.165, 1.54) is 11.6 Å². The molecule has 5 nitrogen and oxygen atoms in total. The summed E-state index contributed by atoms with van der Waals surface area (Å²) < 4.78 is 5.83. The van der Waals surface area contributed by atoms with Crippen LogP contribution in [0.1, 0.15) is 92.4 Å². The Kier molecular flexibility index (Phi) is 8.86. The second-order valence-electron chi connectivity index (χ2n) is 11.4. The van der Waals surface area contributed by atoms with E-state index in [-0.39, 0.29) is 23.4 Å². The number of rotatable bonds is 7. The second kappa shape index (κ2) is 11.1. The van der Waals surface area contributed by atoms with Gasteiger partial charge in [-0.3, -0.25) is 0 Å². The van der Waals surface area contributed by atoms with Crippen LogP contribution < -0.4 is 0 Å². The summed E-state index contributed by atoms with van der Waals surface area (Å²) in [7, 11) is 0. The number of esters is 1. The first-order valence-electron chi connectivity index (χ1n) is 13.4. The van der Waals surface area contributed by atoms with Crippen LogP contribution in [0.25, 0.3) is 0 Å². The second-order valence-corrected chi connectivity index (χ2v) is 11.4. The van der Waals surface area contributed by atoms with Gasteiger partial charge in [0.2, 0.25) is 0 Å². The molecule has 3 saturated carbocycles. The van der Waals surface area contributed by atoms with Crippen molar-refractivity contribution < 1.29 is 24.9 Å². The van der Waals surface area contributed by atoms with Gasteiger partial charge in [0.15, 0.2) is 0 Å². The maximum atomic E-state index is 12.5. The lowest BCUT2D eigenvalue weighted by Gasteiger charge is -2.43. The number of aliphatic hydroxyl groups is 3. The number of aliphatic hydroxyl groups excluding tert-OH is 2. The van der Waals surface area contributed by atoms with E-state index in [1.54, 1.807) is 6.08 Å². The Morgan fingerprint density at radius 1 is 1.18 bits per heavy atom. The minimum atomic E-state index is -0.952. The van der Waals surface area contributed by atoms with E-state index in [2.05, 4.69) is 19.1 Å². The first kappa shape index (κ1) is 27.2. The molecule has 0 aliphatic heterocycles. The highest BCUT2D eigenvalue weighted by atomic mass is 16.5. The highest BCUT2D eigenvalue weighted by molar-refractivity contribution is 5.82. The summed E-state index contributed by atoms with van der Waals surface area (Å²) >= 11 is 0. The van der Waals surface area contributed by atoms with E-state index < -0.39 is 17.8 Å². The number of hydrogen-bond donors (Lipinski definition) is 3. The van der Waals surface area contributed by atoms with Gasteiger partial charge in [0.1, 0.15) is 6.10 Å². The van der Waals surface area contributed by atoms with Crippen molar-refractivity contribution in [2.45, 2.75) is 116 Å². The number of ether oxygens (including phenoxy) is 1. The van der Waals surface area contributed by atoms with Gasteiger partial charge in [-0.2, -0.15) is 0 Å². The zero-order valence-corrected chi connectivity index (χ0v) is 21.8. The molecule has 3 rings (SSSR count). The molecule has 0 saturated heterocycles. The standard InChI is InChI=1S/C29H46O5/c1-6-29(33,7-2)16-14-27(32)34-20(4)23-12-13-24-22(9-8-15-28(23,24)5)11-10-21-17-25(30)19(3)26(31)18-21/h10-11,14,16,19-20,23-26,30-31,33H,6-9,12-13,15,17-18H2,1-5H3/b16-14+,21-10?,22-11+/t19?,20-,23+,24-,25-,26+,28+/m0/s1. The molecule has 1 unspecified atom stereocenters. The molecule has 0 aromatic heterocycles. The van der Waals surface area contributed by atoms with E-state index in [0.29, 0.717) is 37.5 Å². The average molecular weight is 475 g/mol. The largest absolute Gasteiger partial charge is 0.459 e. The Hall–Kier alpha value is -1.43. The van der Waals surface area contributed by atoms with Crippen molar-refractivity contribution in [1.82, 2.24) is 0 Å². The molecule has 0 amide bonds. The fourth-order valence-electron chi connectivity index (χ4n) is 6.67. The van der Waals surface area contributed by atoms with Crippen LogP contribution in [-0.2, 0) is 9.53 Å². The van der Waals surface area contributed by atoms with Crippen LogP contribution in [0.3, 0.4) is 0 Å². The molecule has 0 bridgehead atoms. The Morgan fingerprint density at radius 3 is 2.44 bits per heavy atom. The van der Waals surface area contributed by atoms with Crippen molar-refractivity contribution in [1.29, 1.82) is 0 Å². The number of fused-ring (bicyclic) bond motifs is 1. The molecular weight excluding hydrogens is 428 g/mol. The van der Waals surface area contributed by atoms with Crippen molar-refractivity contribution in [3.8, 4) is 0 Å². The molecule has 3 aliphatic rings. The predicted octanol–water partition coefficient (Wildman–Crippen LogP) is 5.25.